The SMILES string of the molecule is Nc1c(C(=O)Nc2ccc(Cl)cc2)c2ccccn2c1C(=O)c1ccccc1. The number of nitrogens with two attached hydrogens (primary N) is 1. The Balaban J connectivity index is 1.81. The van der Waals surface area contributed by atoms with Crippen LogP contribution in [0.1, 0.15) is 26.4 Å². The van der Waals surface area contributed by atoms with Crippen LogP contribution in [-0.2, 0) is 0 Å². The number of pyridine rings is 1. The minimum atomic E-state index is -0.393. The van der Waals surface area contributed by atoms with Crippen LogP contribution in [0.15, 0.2) is 79.0 Å². The molecular weight excluding hydrogens is 374 g/mol. The summed E-state index contributed by atoms with van der Waals surface area (Å²) in [6.07, 6.45) is 1.72. The smallest absolute Gasteiger partial charge is 0.259 e. The molecule has 0 aliphatic rings. The third-order valence-corrected chi connectivity index (χ3v) is 4.71. The van der Waals surface area contributed by atoms with Crippen molar-refractivity contribution in [1.29, 1.82) is 0 Å². The highest BCUT2D eigenvalue weighted by Gasteiger charge is 2.26. The molecule has 1 amide bonds. The van der Waals surface area contributed by atoms with E-state index < -0.39 is 5.91 Å². The average Bonchev–Trinajstić information content (AvgIpc) is 3.01. The van der Waals surface area contributed by atoms with Gasteiger partial charge in [-0.05, 0) is 36.4 Å². The number of fused-ring (bicyclic) bond motifs is 1. The highest BCUT2D eigenvalue weighted by atomic mass is 35.5. The number of ketones is 1. The summed E-state index contributed by atoms with van der Waals surface area (Å²) < 4.78 is 1.65. The number of carbonyl (C=O) groups excluding carboxylic acids is 2. The molecule has 4 aromatic rings. The lowest BCUT2D eigenvalue weighted by Crippen LogP contribution is -2.14. The number of hydrogen-bond acceptors (Lipinski definition) is 3. The van der Waals surface area contributed by atoms with E-state index in [0.717, 1.165) is 0 Å². The maximum Gasteiger partial charge on any atom is 0.259 e. The Morgan fingerprint density at radius 1 is 0.893 bits per heavy atom. The molecule has 5 nitrogen and oxygen atoms in total. The normalized spacial score (nSPS) is 10.8. The fourth-order valence-electron chi connectivity index (χ4n) is 3.15. The summed E-state index contributed by atoms with van der Waals surface area (Å²) in [5.41, 5.74) is 8.63. The highest BCUT2D eigenvalue weighted by Crippen LogP contribution is 2.29. The molecule has 0 fully saturated rings. The number of hydrogen-bond donors (Lipinski definition) is 2. The molecule has 2 aromatic carbocycles. The van der Waals surface area contributed by atoms with Gasteiger partial charge in [0.05, 0.1) is 16.8 Å². The van der Waals surface area contributed by atoms with E-state index in [1.54, 1.807) is 77.3 Å². The van der Waals surface area contributed by atoms with E-state index in [1.165, 1.54) is 0 Å². The standard InChI is InChI=1S/C22H16ClN3O2/c23-15-9-11-16(12-10-15)25-22(28)18-17-8-4-5-13-26(17)20(19(18)24)21(27)14-6-2-1-3-7-14/h1-13H,24H2,(H,25,28). The van der Waals surface area contributed by atoms with Crippen LogP contribution in [0.4, 0.5) is 11.4 Å². The van der Waals surface area contributed by atoms with Crippen LogP contribution in [0.2, 0.25) is 5.02 Å². The Bertz CT molecular complexity index is 1180. The molecule has 0 unspecified atom stereocenters. The van der Waals surface area contributed by atoms with E-state index in [9.17, 15) is 9.59 Å². The summed E-state index contributed by atoms with van der Waals surface area (Å²) in [5.74, 6) is -0.638. The second kappa shape index (κ2) is 7.21. The van der Waals surface area contributed by atoms with Gasteiger partial charge >= 0.3 is 0 Å². The molecule has 28 heavy (non-hydrogen) atoms. The number of carbonyl (C=O) groups is 2. The van der Waals surface area contributed by atoms with Crippen molar-refractivity contribution >= 4 is 40.2 Å². The first kappa shape index (κ1) is 17.8. The lowest BCUT2D eigenvalue weighted by molar-refractivity contribution is 0.102. The summed E-state index contributed by atoms with van der Waals surface area (Å²) in [6, 6.07) is 21.0. The molecule has 0 aliphatic carbocycles. The summed E-state index contributed by atoms with van der Waals surface area (Å²) in [7, 11) is 0. The first-order chi connectivity index (χ1) is 13.6. The van der Waals surface area contributed by atoms with E-state index in [0.29, 0.717) is 21.8 Å². The van der Waals surface area contributed by atoms with Gasteiger partial charge in [0.25, 0.3) is 5.91 Å². The number of nitrogen functional groups attached to an aromatic ring is 1. The molecule has 0 spiro atoms. The van der Waals surface area contributed by atoms with E-state index in [2.05, 4.69) is 5.32 Å². The maximum absolute atomic E-state index is 13.1. The number of aromatic nitrogens is 1. The highest BCUT2D eigenvalue weighted by molar-refractivity contribution is 6.30. The first-order valence-corrected chi connectivity index (χ1v) is 8.99. The first-order valence-electron chi connectivity index (χ1n) is 8.61. The summed E-state index contributed by atoms with van der Waals surface area (Å²) >= 11 is 5.89. The minimum absolute atomic E-state index is 0.145. The summed E-state index contributed by atoms with van der Waals surface area (Å²) in [4.78, 5) is 26.0. The molecular formula is C22H16ClN3O2. The monoisotopic (exact) mass is 389 g/mol. The molecule has 0 saturated heterocycles. The molecule has 0 aliphatic heterocycles. The topological polar surface area (TPSA) is 76.6 Å². The molecule has 0 atom stereocenters. The van der Waals surface area contributed by atoms with Crippen molar-refractivity contribution < 1.29 is 9.59 Å². The van der Waals surface area contributed by atoms with Gasteiger partial charge in [0.1, 0.15) is 5.69 Å². The van der Waals surface area contributed by atoms with E-state index in [-0.39, 0.29) is 22.7 Å². The van der Waals surface area contributed by atoms with Gasteiger partial charge in [-0.2, -0.15) is 0 Å². The molecule has 0 saturated carbocycles. The second-order valence-corrected chi connectivity index (χ2v) is 6.69. The number of benzene rings is 2. The molecule has 2 aromatic heterocycles. The van der Waals surface area contributed by atoms with Gasteiger partial charge in [-0.15, -0.1) is 0 Å². The zero-order chi connectivity index (χ0) is 19.7. The van der Waals surface area contributed by atoms with E-state index in [1.807, 2.05) is 6.07 Å². The Kier molecular flexibility index (Phi) is 4.59. The van der Waals surface area contributed by atoms with Crippen LogP contribution < -0.4 is 11.1 Å². The summed E-state index contributed by atoms with van der Waals surface area (Å²) in [6.45, 7) is 0. The molecule has 6 heteroatoms. The molecule has 3 N–H and O–H groups in total. The summed E-state index contributed by atoms with van der Waals surface area (Å²) in [5, 5.41) is 3.38. The van der Waals surface area contributed by atoms with Crippen LogP contribution in [0, 0.1) is 0 Å². The van der Waals surface area contributed by atoms with E-state index >= 15 is 0 Å². The van der Waals surface area contributed by atoms with Gasteiger partial charge in [0, 0.05) is 22.5 Å². The zero-order valence-electron chi connectivity index (χ0n) is 14.7. The predicted molar refractivity (Wildman–Crippen MR) is 111 cm³/mol. The molecule has 0 radical (unpaired) electrons. The zero-order valence-corrected chi connectivity index (χ0v) is 15.5. The van der Waals surface area contributed by atoms with Crippen molar-refractivity contribution in [2.24, 2.45) is 0 Å². The van der Waals surface area contributed by atoms with Gasteiger partial charge < -0.3 is 15.5 Å². The van der Waals surface area contributed by atoms with Gasteiger partial charge in [0.2, 0.25) is 5.78 Å². The number of anilines is 2. The quantitative estimate of drug-likeness (QED) is 0.498. The number of rotatable bonds is 4. The van der Waals surface area contributed by atoms with Crippen LogP contribution in [0.5, 0.6) is 0 Å². The Hall–Kier alpha value is -3.57. The van der Waals surface area contributed by atoms with Crippen molar-refractivity contribution in [2.75, 3.05) is 11.1 Å². The third-order valence-electron chi connectivity index (χ3n) is 4.46. The van der Waals surface area contributed by atoms with E-state index in [4.69, 9.17) is 17.3 Å². The van der Waals surface area contributed by atoms with Crippen LogP contribution in [0.25, 0.3) is 5.52 Å². The number of halogens is 1. The van der Waals surface area contributed by atoms with Gasteiger partial charge in [-0.1, -0.05) is 48.0 Å². The number of nitrogens with one attached hydrogen (secondary N) is 1. The Morgan fingerprint density at radius 3 is 2.29 bits per heavy atom. The van der Waals surface area contributed by atoms with Gasteiger partial charge in [-0.25, -0.2) is 0 Å². The molecule has 138 valence electrons. The van der Waals surface area contributed by atoms with Crippen molar-refractivity contribution in [2.45, 2.75) is 0 Å². The predicted octanol–water partition coefficient (Wildman–Crippen LogP) is 4.66. The van der Waals surface area contributed by atoms with Crippen LogP contribution in [0.3, 0.4) is 0 Å². The van der Waals surface area contributed by atoms with Crippen LogP contribution in [-0.4, -0.2) is 16.1 Å². The van der Waals surface area contributed by atoms with Crippen molar-refractivity contribution in [3.05, 3.63) is 101 Å². The Labute approximate surface area is 166 Å². The lowest BCUT2D eigenvalue weighted by atomic mass is 10.1. The van der Waals surface area contributed by atoms with Gasteiger partial charge in [-0.3, -0.25) is 9.59 Å². The fraction of sp³-hybridized carbons (Fsp3) is 0. The van der Waals surface area contributed by atoms with Gasteiger partial charge in [0.15, 0.2) is 0 Å². The largest absolute Gasteiger partial charge is 0.396 e. The fourth-order valence-corrected chi connectivity index (χ4v) is 3.28. The lowest BCUT2D eigenvalue weighted by Gasteiger charge is -2.06. The molecule has 0 bridgehead atoms. The maximum atomic E-state index is 13.1. The van der Waals surface area contributed by atoms with Crippen molar-refractivity contribution in [3.63, 3.8) is 0 Å². The Morgan fingerprint density at radius 2 is 1.57 bits per heavy atom. The van der Waals surface area contributed by atoms with Crippen molar-refractivity contribution in [1.82, 2.24) is 4.40 Å². The molecule has 2 heterocycles. The molecule has 4 rings (SSSR count). The number of amides is 1. The van der Waals surface area contributed by atoms with Crippen molar-refractivity contribution in [3.8, 4) is 0 Å². The van der Waals surface area contributed by atoms with Crippen LogP contribution >= 0.6 is 11.6 Å². The third kappa shape index (κ3) is 3.12. The minimum Gasteiger partial charge on any atom is -0.396 e. The number of nitrogens with zero attached hydrogens (tertiary/aromatic N) is 1. The second-order valence-electron chi connectivity index (χ2n) is 6.25. The average molecular weight is 390 g/mol.